The van der Waals surface area contributed by atoms with Crippen molar-refractivity contribution in [2.75, 3.05) is 0 Å². The molecule has 0 fully saturated rings. The monoisotopic (exact) mass is 361 g/mol. The Kier molecular flexibility index (Phi) is 5.09. The fourth-order valence-electron chi connectivity index (χ4n) is 2.43. The summed E-state index contributed by atoms with van der Waals surface area (Å²) < 4.78 is 28.4. The minimum Gasteiger partial charge on any atom is -0.348 e. The average Bonchev–Trinajstić information content (AvgIpc) is 3.10. The number of amides is 1. The number of halogens is 3. The molecule has 0 spiro atoms. The summed E-state index contributed by atoms with van der Waals surface area (Å²) in [5.74, 6) is -2.77. The second-order valence-corrected chi connectivity index (χ2v) is 5.84. The largest absolute Gasteiger partial charge is 0.348 e. The molecule has 3 rings (SSSR count). The van der Waals surface area contributed by atoms with Gasteiger partial charge in [-0.15, -0.1) is 0 Å². The maximum Gasteiger partial charge on any atom is 0.253 e. The van der Waals surface area contributed by atoms with E-state index in [9.17, 15) is 13.6 Å². The van der Waals surface area contributed by atoms with Crippen LogP contribution in [0.4, 0.5) is 8.78 Å². The van der Waals surface area contributed by atoms with Gasteiger partial charge in [0.05, 0.1) is 16.9 Å². The summed E-state index contributed by atoms with van der Waals surface area (Å²) in [6.07, 6.45) is 5.24. The molecular weight excluding hydrogens is 348 g/mol. The quantitative estimate of drug-likeness (QED) is 0.703. The summed E-state index contributed by atoms with van der Waals surface area (Å²) in [6.45, 7) is 0.844. The molecule has 25 heavy (non-hydrogen) atoms. The lowest BCUT2D eigenvalue weighted by atomic mass is 10.1. The van der Waals surface area contributed by atoms with Crippen LogP contribution in [-0.2, 0) is 13.1 Å². The zero-order valence-corrected chi connectivity index (χ0v) is 13.8. The van der Waals surface area contributed by atoms with E-state index < -0.39 is 17.5 Å². The summed E-state index contributed by atoms with van der Waals surface area (Å²) in [6, 6.07) is 9.20. The molecular formula is C18H14ClF2N3O. The molecule has 0 saturated heterocycles. The van der Waals surface area contributed by atoms with E-state index in [1.54, 1.807) is 12.5 Å². The van der Waals surface area contributed by atoms with Crippen molar-refractivity contribution >= 4 is 17.5 Å². The predicted octanol–water partition coefficient (Wildman–Crippen LogP) is 3.79. The lowest BCUT2D eigenvalue weighted by molar-refractivity contribution is 0.0950. The van der Waals surface area contributed by atoms with Gasteiger partial charge in [0, 0.05) is 25.5 Å². The van der Waals surface area contributed by atoms with Crippen molar-refractivity contribution in [2.24, 2.45) is 0 Å². The zero-order chi connectivity index (χ0) is 17.8. The first kappa shape index (κ1) is 17.1. The fourth-order valence-corrected chi connectivity index (χ4v) is 2.66. The number of imidazole rings is 1. The molecule has 0 bridgehead atoms. The van der Waals surface area contributed by atoms with Crippen LogP contribution in [-0.4, -0.2) is 15.5 Å². The normalized spacial score (nSPS) is 10.7. The van der Waals surface area contributed by atoms with E-state index in [4.69, 9.17) is 11.6 Å². The van der Waals surface area contributed by atoms with Gasteiger partial charge in [0.2, 0.25) is 0 Å². The van der Waals surface area contributed by atoms with Crippen molar-refractivity contribution in [1.82, 2.24) is 14.9 Å². The van der Waals surface area contributed by atoms with Crippen LogP contribution < -0.4 is 5.32 Å². The van der Waals surface area contributed by atoms with Gasteiger partial charge in [0.25, 0.3) is 5.91 Å². The third-order valence-electron chi connectivity index (χ3n) is 3.72. The topological polar surface area (TPSA) is 46.9 Å². The molecule has 1 aromatic heterocycles. The molecule has 2 aromatic carbocycles. The highest BCUT2D eigenvalue weighted by atomic mass is 35.5. The van der Waals surface area contributed by atoms with Crippen LogP contribution >= 0.6 is 11.6 Å². The molecule has 7 heteroatoms. The van der Waals surface area contributed by atoms with Gasteiger partial charge in [-0.2, -0.15) is 0 Å². The molecule has 1 N–H and O–H groups in total. The SMILES string of the molecule is O=C(NCc1ccccc1Cn1ccnc1)c1cc(F)c(F)cc1Cl. The summed E-state index contributed by atoms with van der Waals surface area (Å²) >= 11 is 5.83. The number of rotatable bonds is 5. The van der Waals surface area contributed by atoms with E-state index in [2.05, 4.69) is 10.3 Å². The van der Waals surface area contributed by atoms with Crippen LogP contribution in [0.2, 0.25) is 5.02 Å². The second-order valence-electron chi connectivity index (χ2n) is 5.43. The van der Waals surface area contributed by atoms with Gasteiger partial charge in [-0.25, -0.2) is 13.8 Å². The number of hydrogen-bond donors (Lipinski definition) is 1. The predicted molar refractivity (Wildman–Crippen MR) is 90.3 cm³/mol. The molecule has 128 valence electrons. The van der Waals surface area contributed by atoms with Gasteiger partial charge in [-0.1, -0.05) is 35.9 Å². The Morgan fingerprint density at radius 1 is 1.16 bits per heavy atom. The molecule has 0 unspecified atom stereocenters. The molecule has 0 aliphatic heterocycles. The minimum absolute atomic E-state index is 0.104. The van der Waals surface area contributed by atoms with Crippen LogP contribution in [0.15, 0.2) is 55.1 Å². The highest BCUT2D eigenvalue weighted by Crippen LogP contribution is 2.20. The maximum atomic E-state index is 13.3. The van der Waals surface area contributed by atoms with E-state index in [0.717, 1.165) is 23.3 Å². The van der Waals surface area contributed by atoms with Crippen LogP contribution in [0.1, 0.15) is 21.5 Å². The Morgan fingerprint density at radius 3 is 2.60 bits per heavy atom. The van der Waals surface area contributed by atoms with E-state index in [0.29, 0.717) is 6.54 Å². The molecule has 3 aromatic rings. The first-order valence-corrected chi connectivity index (χ1v) is 7.87. The van der Waals surface area contributed by atoms with Crippen molar-refractivity contribution in [3.8, 4) is 0 Å². The van der Waals surface area contributed by atoms with Crippen LogP contribution in [0.5, 0.6) is 0 Å². The number of carbonyl (C=O) groups excluding carboxylic acids is 1. The lowest BCUT2D eigenvalue weighted by Crippen LogP contribution is -2.24. The van der Waals surface area contributed by atoms with Crippen LogP contribution in [0.3, 0.4) is 0 Å². The van der Waals surface area contributed by atoms with Crippen molar-refractivity contribution in [3.63, 3.8) is 0 Å². The zero-order valence-electron chi connectivity index (χ0n) is 13.0. The summed E-state index contributed by atoms with van der Waals surface area (Å²) in [5, 5.41) is 2.55. The van der Waals surface area contributed by atoms with Gasteiger partial charge >= 0.3 is 0 Å². The standard InChI is InChI=1S/C18H14ClF2N3O/c19-15-8-17(21)16(20)7-14(15)18(25)23-9-12-3-1-2-4-13(12)10-24-6-5-22-11-24/h1-8,11H,9-10H2,(H,23,25). The molecule has 0 radical (unpaired) electrons. The second kappa shape index (κ2) is 7.44. The fraction of sp³-hybridized carbons (Fsp3) is 0.111. The molecule has 0 atom stereocenters. The van der Waals surface area contributed by atoms with E-state index in [1.165, 1.54) is 0 Å². The summed E-state index contributed by atoms with van der Waals surface area (Å²) in [5.41, 5.74) is 1.81. The van der Waals surface area contributed by atoms with Crippen molar-refractivity contribution in [3.05, 3.63) is 88.5 Å². The van der Waals surface area contributed by atoms with Crippen LogP contribution in [0.25, 0.3) is 0 Å². The maximum absolute atomic E-state index is 13.3. The van der Waals surface area contributed by atoms with Crippen molar-refractivity contribution < 1.29 is 13.6 Å². The molecule has 4 nitrogen and oxygen atoms in total. The molecule has 0 aliphatic carbocycles. The van der Waals surface area contributed by atoms with E-state index in [-0.39, 0.29) is 17.1 Å². The van der Waals surface area contributed by atoms with Gasteiger partial charge < -0.3 is 9.88 Å². The number of carbonyl (C=O) groups is 1. The van der Waals surface area contributed by atoms with E-state index >= 15 is 0 Å². The Bertz CT molecular complexity index is 897. The number of hydrogen-bond acceptors (Lipinski definition) is 2. The molecule has 0 aliphatic rings. The third kappa shape index (κ3) is 4.03. The first-order valence-electron chi connectivity index (χ1n) is 7.50. The van der Waals surface area contributed by atoms with Gasteiger partial charge in [-0.3, -0.25) is 4.79 Å². The summed E-state index contributed by atoms with van der Waals surface area (Å²) in [7, 11) is 0. The van der Waals surface area contributed by atoms with Crippen molar-refractivity contribution in [2.45, 2.75) is 13.1 Å². The van der Waals surface area contributed by atoms with Gasteiger partial charge in [-0.05, 0) is 23.3 Å². The summed E-state index contributed by atoms with van der Waals surface area (Å²) in [4.78, 5) is 16.2. The first-order chi connectivity index (χ1) is 12.0. The highest BCUT2D eigenvalue weighted by Gasteiger charge is 2.15. The van der Waals surface area contributed by atoms with Gasteiger partial charge in [0.1, 0.15) is 0 Å². The Hall–Kier alpha value is -2.73. The molecule has 0 saturated carbocycles. The minimum atomic E-state index is -1.12. The lowest BCUT2D eigenvalue weighted by Gasteiger charge is -2.12. The highest BCUT2D eigenvalue weighted by molar-refractivity contribution is 6.33. The van der Waals surface area contributed by atoms with E-state index in [1.807, 2.05) is 35.0 Å². The van der Waals surface area contributed by atoms with Crippen molar-refractivity contribution in [1.29, 1.82) is 0 Å². The Labute approximate surface area is 148 Å². The number of nitrogens with zero attached hydrogens (tertiary/aromatic N) is 2. The number of nitrogens with one attached hydrogen (secondary N) is 1. The Morgan fingerprint density at radius 2 is 1.88 bits per heavy atom. The number of benzene rings is 2. The third-order valence-corrected chi connectivity index (χ3v) is 4.04. The van der Waals surface area contributed by atoms with Gasteiger partial charge in [0.15, 0.2) is 11.6 Å². The molecule has 1 heterocycles. The number of aromatic nitrogens is 2. The smallest absolute Gasteiger partial charge is 0.253 e. The van der Waals surface area contributed by atoms with Crippen LogP contribution in [0, 0.1) is 11.6 Å². The molecule has 1 amide bonds. The Balaban J connectivity index is 1.74. The average molecular weight is 362 g/mol.